The van der Waals surface area contributed by atoms with Crippen LogP contribution < -0.4 is 11.5 Å². The number of rotatable bonds is 6. The van der Waals surface area contributed by atoms with E-state index in [4.69, 9.17) is 23.1 Å². The normalized spacial score (nSPS) is 13.4. The molecule has 1 heterocycles. The fraction of sp³-hybridized carbons (Fsp3) is 0.600. The zero-order valence-electron chi connectivity index (χ0n) is 8.95. The maximum atomic E-state index is 5.85. The Morgan fingerprint density at radius 2 is 2.27 bits per heavy atom. The second-order valence-corrected chi connectivity index (χ2v) is 5.51. The topological polar surface area (TPSA) is 55.3 Å². The van der Waals surface area contributed by atoms with Gasteiger partial charge in [0.25, 0.3) is 0 Å². The zero-order valence-corrected chi connectivity index (χ0v) is 10.5. The molecule has 0 saturated heterocycles. The third-order valence-electron chi connectivity index (χ3n) is 2.22. The third-order valence-corrected chi connectivity index (χ3v) is 3.51. The van der Waals surface area contributed by atoms with E-state index in [1.807, 2.05) is 6.07 Å². The van der Waals surface area contributed by atoms with Gasteiger partial charge in [0, 0.05) is 30.6 Å². The minimum Gasteiger partial charge on any atom is -0.329 e. The summed E-state index contributed by atoms with van der Waals surface area (Å²) < 4.78 is 0.853. The lowest BCUT2D eigenvalue weighted by atomic mass is 10.2. The molecule has 0 amide bonds. The molecule has 1 aromatic heterocycles. The van der Waals surface area contributed by atoms with E-state index in [1.54, 1.807) is 11.3 Å². The molecule has 0 spiro atoms. The van der Waals surface area contributed by atoms with E-state index in [9.17, 15) is 0 Å². The highest BCUT2D eigenvalue weighted by molar-refractivity contribution is 7.16. The first-order chi connectivity index (χ1) is 7.11. The number of nitrogens with two attached hydrogens (primary N) is 2. The Morgan fingerprint density at radius 3 is 2.80 bits per heavy atom. The van der Waals surface area contributed by atoms with E-state index < -0.39 is 0 Å². The van der Waals surface area contributed by atoms with Crippen LogP contribution in [0.25, 0.3) is 0 Å². The van der Waals surface area contributed by atoms with Gasteiger partial charge in [-0.1, -0.05) is 11.6 Å². The molecule has 0 aliphatic heterocycles. The number of hydrogen-bond acceptors (Lipinski definition) is 4. The van der Waals surface area contributed by atoms with Gasteiger partial charge in [-0.25, -0.2) is 0 Å². The van der Waals surface area contributed by atoms with Gasteiger partial charge in [-0.3, -0.25) is 0 Å². The molecule has 1 aromatic rings. The van der Waals surface area contributed by atoms with E-state index in [0.29, 0.717) is 6.54 Å². The fourth-order valence-electron chi connectivity index (χ4n) is 1.35. The maximum absolute atomic E-state index is 5.85. The monoisotopic (exact) mass is 247 g/mol. The molecule has 0 saturated carbocycles. The molecule has 15 heavy (non-hydrogen) atoms. The van der Waals surface area contributed by atoms with Crippen molar-refractivity contribution in [3.63, 3.8) is 0 Å². The Hall–Kier alpha value is -0.130. The Morgan fingerprint density at radius 1 is 1.53 bits per heavy atom. The number of nitrogens with zero attached hydrogens (tertiary/aromatic N) is 1. The van der Waals surface area contributed by atoms with Gasteiger partial charge in [0.15, 0.2) is 0 Å². The lowest BCUT2D eigenvalue weighted by Gasteiger charge is -2.19. The lowest BCUT2D eigenvalue weighted by molar-refractivity contribution is 0.317. The van der Waals surface area contributed by atoms with Gasteiger partial charge in [-0.05, 0) is 25.6 Å². The SMILES string of the molecule is CN(CCc1ccc(Cl)s1)CC(N)CN. The van der Waals surface area contributed by atoms with Crippen LogP contribution in [0.15, 0.2) is 12.1 Å². The molecule has 1 unspecified atom stereocenters. The average Bonchev–Trinajstić information content (AvgIpc) is 2.61. The van der Waals surface area contributed by atoms with E-state index in [2.05, 4.69) is 18.0 Å². The van der Waals surface area contributed by atoms with Crippen LogP contribution in [0.4, 0.5) is 0 Å². The molecule has 0 radical (unpaired) electrons. The van der Waals surface area contributed by atoms with Crippen LogP contribution >= 0.6 is 22.9 Å². The summed E-state index contributed by atoms with van der Waals surface area (Å²) in [4.78, 5) is 3.51. The van der Waals surface area contributed by atoms with Crippen LogP contribution in [0, 0.1) is 0 Å². The van der Waals surface area contributed by atoms with Crippen molar-refractivity contribution in [1.82, 2.24) is 4.90 Å². The quantitative estimate of drug-likeness (QED) is 0.793. The van der Waals surface area contributed by atoms with Crippen molar-refractivity contribution < 1.29 is 0 Å². The van der Waals surface area contributed by atoms with Crippen molar-refractivity contribution in [2.45, 2.75) is 12.5 Å². The molecular weight excluding hydrogens is 230 g/mol. The predicted octanol–water partition coefficient (Wildman–Crippen LogP) is 1.16. The minimum atomic E-state index is 0.0712. The molecule has 5 heteroatoms. The number of hydrogen-bond donors (Lipinski definition) is 2. The Bertz CT molecular complexity index is 290. The summed E-state index contributed by atoms with van der Waals surface area (Å²) in [7, 11) is 2.06. The van der Waals surface area contributed by atoms with E-state index >= 15 is 0 Å². The van der Waals surface area contributed by atoms with E-state index in [-0.39, 0.29) is 6.04 Å². The van der Waals surface area contributed by atoms with E-state index in [0.717, 1.165) is 23.8 Å². The molecular formula is C10H18ClN3S. The number of thiophene rings is 1. The predicted molar refractivity (Wildman–Crippen MR) is 67.6 cm³/mol. The molecule has 4 N–H and O–H groups in total. The van der Waals surface area contributed by atoms with Crippen molar-refractivity contribution in [2.75, 3.05) is 26.7 Å². The van der Waals surface area contributed by atoms with Crippen molar-refractivity contribution in [3.8, 4) is 0 Å². The molecule has 0 bridgehead atoms. The Kier molecular flexibility index (Phi) is 5.56. The summed E-state index contributed by atoms with van der Waals surface area (Å²) in [6, 6.07) is 4.08. The fourth-order valence-corrected chi connectivity index (χ4v) is 2.43. The molecule has 1 rings (SSSR count). The smallest absolute Gasteiger partial charge is 0.0931 e. The summed E-state index contributed by atoms with van der Waals surface area (Å²) in [6.07, 6.45) is 1.02. The third kappa shape index (κ3) is 4.95. The van der Waals surface area contributed by atoms with Crippen molar-refractivity contribution in [1.29, 1.82) is 0 Å². The van der Waals surface area contributed by atoms with Crippen molar-refractivity contribution in [2.24, 2.45) is 11.5 Å². The van der Waals surface area contributed by atoms with Crippen LogP contribution in [0.5, 0.6) is 0 Å². The first kappa shape index (κ1) is 12.9. The second kappa shape index (κ2) is 6.45. The van der Waals surface area contributed by atoms with Gasteiger partial charge < -0.3 is 16.4 Å². The highest BCUT2D eigenvalue weighted by Crippen LogP contribution is 2.21. The molecule has 3 nitrogen and oxygen atoms in total. The Balaban J connectivity index is 2.25. The van der Waals surface area contributed by atoms with Crippen molar-refractivity contribution in [3.05, 3.63) is 21.3 Å². The summed E-state index contributed by atoms with van der Waals surface area (Å²) in [5, 5.41) is 0. The maximum Gasteiger partial charge on any atom is 0.0931 e. The standard InChI is InChI=1S/C10H18ClN3S/c1-14(7-8(13)6-12)5-4-9-2-3-10(11)15-9/h2-3,8H,4-7,12-13H2,1H3. The van der Waals surface area contributed by atoms with Crippen molar-refractivity contribution >= 4 is 22.9 Å². The molecule has 1 atom stereocenters. The highest BCUT2D eigenvalue weighted by Gasteiger charge is 2.05. The molecule has 0 fully saturated rings. The average molecular weight is 248 g/mol. The Labute approximate surface area is 100 Å². The minimum absolute atomic E-state index is 0.0712. The van der Waals surface area contributed by atoms with Gasteiger partial charge in [0.05, 0.1) is 4.34 Å². The molecule has 86 valence electrons. The first-order valence-electron chi connectivity index (χ1n) is 5.00. The van der Waals surface area contributed by atoms with Gasteiger partial charge in [0.1, 0.15) is 0 Å². The largest absolute Gasteiger partial charge is 0.329 e. The molecule has 0 aliphatic rings. The van der Waals surface area contributed by atoms with E-state index in [1.165, 1.54) is 4.88 Å². The second-order valence-electron chi connectivity index (χ2n) is 3.71. The lowest BCUT2D eigenvalue weighted by Crippen LogP contribution is -2.41. The molecule has 0 aromatic carbocycles. The van der Waals surface area contributed by atoms with Gasteiger partial charge in [-0.2, -0.15) is 0 Å². The van der Waals surface area contributed by atoms with Crippen LogP contribution in [0.1, 0.15) is 4.88 Å². The number of halogens is 1. The van der Waals surface area contributed by atoms with Crippen LogP contribution in [0.2, 0.25) is 4.34 Å². The summed E-state index contributed by atoms with van der Waals surface area (Å²) in [5.41, 5.74) is 11.2. The zero-order chi connectivity index (χ0) is 11.3. The summed E-state index contributed by atoms with van der Waals surface area (Å²) >= 11 is 7.49. The van der Waals surface area contributed by atoms with Gasteiger partial charge >= 0.3 is 0 Å². The molecule has 0 aliphatic carbocycles. The highest BCUT2D eigenvalue weighted by atomic mass is 35.5. The van der Waals surface area contributed by atoms with Gasteiger partial charge in [0.2, 0.25) is 0 Å². The van der Waals surface area contributed by atoms with Gasteiger partial charge in [-0.15, -0.1) is 11.3 Å². The van der Waals surface area contributed by atoms with Crippen LogP contribution in [0.3, 0.4) is 0 Å². The van der Waals surface area contributed by atoms with Crippen LogP contribution in [-0.4, -0.2) is 37.6 Å². The summed E-state index contributed by atoms with van der Waals surface area (Å²) in [5.74, 6) is 0. The first-order valence-corrected chi connectivity index (χ1v) is 6.19. The van der Waals surface area contributed by atoms with Crippen LogP contribution in [-0.2, 0) is 6.42 Å². The summed E-state index contributed by atoms with van der Waals surface area (Å²) in [6.45, 7) is 2.37. The number of likely N-dealkylation sites (N-methyl/N-ethyl adjacent to an activating group) is 1.